The molecule has 0 atom stereocenters. The number of aromatic carboxylic acids is 2. The van der Waals surface area contributed by atoms with Crippen molar-refractivity contribution in [3.63, 3.8) is 0 Å². The number of anilines is 1. The van der Waals surface area contributed by atoms with E-state index >= 15 is 0 Å². The predicted octanol–water partition coefficient (Wildman–Crippen LogP) is -1.52. The second kappa shape index (κ2) is 15.2. The number of benzene rings is 1. The van der Waals surface area contributed by atoms with Crippen molar-refractivity contribution in [2.75, 3.05) is 11.9 Å². The fourth-order valence-corrected chi connectivity index (χ4v) is 2.29. The number of rotatable bonds is 11. The average molecular weight is 355 g/mol. The molecule has 24 heavy (non-hydrogen) atoms. The van der Waals surface area contributed by atoms with Gasteiger partial charge >= 0.3 is 71.1 Å². The topological polar surface area (TPSA) is 86.6 Å². The molecule has 1 aromatic carbocycles. The smallest absolute Gasteiger partial charge is 1.00 e. The third kappa shape index (κ3) is 10.7. The van der Waals surface area contributed by atoms with Crippen LogP contribution in [-0.4, -0.2) is 28.7 Å². The maximum Gasteiger partial charge on any atom is 1.00 e. The number of carboxylic acids is 2. The van der Waals surface area contributed by atoms with E-state index in [0.717, 1.165) is 19.4 Å². The van der Waals surface area contributed by atoms with Crippen molar-refractivity contribution in [1.29, 1.82) is 0 Å². The number of carboxylic acid groups (broad SMARTS) is 2. The van der Waals surface area contributed by atoms with Crippen LogP contribution in [0.25, 0.3) is 0 Å². The van der Waals surface area contributed by atoms with E-state index in [1.807, 2.05) is 0 Å². The van der Waals surface area contributed by atoms with Crippen molar-refractivity contribution >= 4 is 17.6 Å². The molecular weight excluding hydrogens is 328 g/mol. The maximum atomic E-state index is 11.0. The summed E-state index contributed by atoms with van der Waals surface area (Å²) in [7, 11) is 0. The number of carbonyl (C=O) groups is 2. The minimum atomic E-state index is -1.12. The minimum Gasteiger partial charge on any atom is -1.00 e. The Balaban J connectivity index is -0.000000605. The molecule has 0 radical (unpaired) electrons. The van der Waals surface area contributed by atoms with Gasteiger partial charge in [0.15, 0.2) is 0 Å². The molecule has 0 spiro atoms. The average Bonchev–Trinajstić information content (AvgIpc) is 2.49. The van der Waals surface area contributed by atoms with Crippen LogP contribution < -0.4 is 64.4 Å². The second-order valence-corrected chi connectivity index (χ2v) is 5.46. The Bertz CT molecular complexity index is 487. The monoisotopic (exact) mass is 355 g/mol. The van der Waals surface area contributed by atoms with Gasteiger partial charge < -0.3 is 18.4 Å². The van der Waals surface area contributed by atoms with Gasteiger partial charge in [-0.25, -0.2) is 9.59 Å². The van der Waals surface area contributed by atoms with Crippen LogP contribution in [0.3, 0.4) is 0 Å². The normalized spacial score (nSPS) is 9.54. The molecule has 0 aliphatic rings. The van der Waals surface area contributed by atoms with E-state index < -0.39 is 11.9 Å². The van der Waals surface area contributed by atoms with Gasteiger partial charge in [-0.05, 0) is 24.6 Å². The van der Waals surface area contributed by atoms with Crippen LogP contribution in [0.2, 0.25) is 0 Å². The van der Waals surface area contributed by atoms with Crippen LogP contribution in [0.1, 0.15) is 75.4 Å². The Morgan fingerprint density at radius 3 is 1.79 bits per heavy atom. The summed E-state index contributed by atoms with van der Waals surface area (Å²) >= 11 is 0. The summed E-state index contributed by atoms with van der Waals surface area (Å²) < 4.78 is 0. The van der Waals surface area contributed by atoms with E-state index in [1.165, 1.54) is 50.3 Å². The largest absolute Gasteiger partial charge is 1.00 e. The summed E-state index contributed by atoms with van der Waals surface area (Å²) in [5.41, 5.74) is 0.521. The molecule has 0 heterocycles. The van der Waals surface area contributed by atoms with Crippen LogP contribution in [0.5, 0.6) is 0 Å². The fraction of sp³-hybridized carbons (Fsp3) is 0.529. The van der Waals surface area contributed by atoms with Crippen LogP contribution in [0.15, 0.2) is 18.2 Å². The van der Waals surface area contributed by atoms with Crippen molar-refractivity contribution in [3.8, 4) is 0 Å². The molecule has 0 aliphatic carbocycles. The van der Waals surface area contributed by atoms with Gasteiger partial charge in [-0.1, -0.05) is 45.4 Å². The Labute approximate surface area is 191 Å². The van der Waals surface area contributed by atoms with Crippen molar-refractivity contribution in [1.82, 2.24) is 0 Å². The van der Waals surface area contributed by atoms with E-state index in [0.29, 0.717) is 5.69 Å². The Kier molecular flexibility index (Phi) is 16.6. The molecule has 1 aromatic rings. The summed E-state index contributed by atoms with van der Waals surface area (Å²) in [6.45, 7) is 2.91. The molecular formula is C17H27NNa2O4. The standard InChI is InChI=1S/C17H25NO4.2Na.2H/c1-2-3-4-5-6-7-8-9-18-15-11-13(16(19)20)10-14(12-15)17(21)22;;;;/h10-12,18H,2-9H2,1H3,(H,19,20)(H,21,22);;;;/q;2*+1;2*-1. The van der Waals surface area contributed by atoms with E-state index in [1.54, 1.807) is 0 Å². The number of unbranched alkanes of at least 4 members (excludes halogenated alkanes) is 6. The van der Waals surface area contributed by atoms with E-state index in [4.69, 9.17) is 10.2 Å². The van der Waals surface area contributed by atoms with E-state index in [-0.39, 0.29) is 73.1 Å². The first-order chi connectivity index (χ1) is 10.5. The molecule has 0 bridgehead atoms. The Hall–Kier alpha value is -0.0400. The molecule has 0 amide bonds. The first-order valence-electron chi connectivity index (χ1n) is 7.90. The molecule has 0 saturated heterocycles. The summed E-state index contributed by atoms with van der Waals surface area (Å²) in [4.78, 5) is 22.0. The van der Waals surface area contributed by atoms with Gasteiger partial charge in [0.05, 0.1) is 11.1 Å². The zero-order valence-corrected chi connectivity index (χ0v) is 19.1. The summed E-state index contributed by atoms with van der Waals surface area (Å²) in [5.74, 6) is -2.25. The van der Waals surface area contributed by atoms with E-state index in [9.17, 15) is 9.59 Å². The Morgan fingerprint density at radius 2 is 1.33 bits per heavy atom. The van der Waals surface area contributed by atoms with Gasteiger partial charge in [0, 0.05) is 12.2 Å². The minimum absolute atomic E-state index is 0. The van der Waals surface area contributed by atoms with Crippen molar-refractivity contribution < 1.29 is 81.8 Å². The van der Waals surface area contributed by atoms with Crippen molar-refractivity contribution in [2.45, 2.75) is 51.9 Å². The molecule has 7 heteroatoms. The SMILES string of the molecule is CCCCCCCCCNc1cc(C(=O)O)cc(C(=O)O)c1.[H-].[H-].[Na+].[Na+]. The van der Waals surface area contributed by atoms with Gasteiger partial charge in [0.2, 0.25) is 0 Å². The van der Waals surface area contributed by atoms with E-state index in [2.05, 4.69) is 12.2 Å². The molecule has 0 unspecified atom stereocenters. The number of hydrogen-bond donors (Lipinski definition) is 3. The van der Waals surface area contributed by atoms with Crippen LogP contribution in [0, 0.1) is 0 Å². The van der Waals surface area contributed by atoms with Crippen molar-refractivity contribution in [3.05, 3.63) is 29.3 Å². The number of nitrogens with one attached hydrogen (secondary N) is 1. The predicted molar refractivity (Wildman–Crippen MR) is 89.1 cm³/mol. The molecule has 0 fully saturated rings. The third-order valence-corrected chi connectivity index (χ3v) is 3.54. The molecule has 0 aromatic heterocycles. The summed E-state index contributed by atoms with van der Waals surface area (Å²) in [5, 5.41) is 21.1. The summed E-state index contributed by atoms with van der Waals surface area (Å²) in [6, 6.07) is 4.11. The van der Waals surface area contributed by atoms with Gasteiger partial charge in [0.25, 0.3) is 0 Å². The first-order valence-corrected chi connectivity index (χ1v) is 7.90. The molecule has 1 rings (SSSR count). The van der Waals surface area contributed by atoms with Gasteiger partial charge in [-0.3, -0.25) is 0 Å². The summed E-state index contributed by atoms with van der Waals surface area (Å²) in [6.07, 6.45) is 8.40. The van der Waals surface area contributed by atoms with Gasteiger partial charge in [-0.15, -0.1) is 0 Å². The molecule has 5 nitrogen and oxygen atoms in total. The second-order valence-electron chi connectivity index (χ2n) is 5.46. The Morgan fingerprint density at radius 1 is 0.875 bits per heavy atom. The van der Waals surface area contributed by atoms with Crippen LogP contribution in [-0.2, 0) is 0 Å². The van der Waals surface area contributed by atoms with Gasteiger partial charge in [0.1, 0.15) is 0 Å². The first kappa shape index (κ1) is 26.2. The quantitative estimate of drug-likeness (QED) is 0.332. The van der Waals surface area contributed by atoms with Crippen molar-refractivity contribution in [2.24, 2.45) is 0 Å². The zero-order valence-electron chi connectivity index (χ0n) is 17.1. The fourth-order valence-electron chi connectivity index (χ4n) is 2.29. The third-order valence-electron chi connectivity index (χ3n) is 3.54. The molecule has 0 saturated carbocycles. The maximum absolute atomic E-state index is 11.0. The van der Waals surface area contributed by atoms with Crippen LogP contribution in [0.4, 0.5) is 5.69 Å². The molecule has 3 N–H and O–H groups in total. The number of hydrogen-bond acceptors (Lipinski definition) is 3. The zero-order chi connectivity index (χ0) is 16.4. The molecule has 126 valence electrons. The molecule has 0 aliphatic heterocycles. The van der Waals surface area contributed by atoms with Crippen LogP contribution >= 0.6 is 0 Å². The van der Waals surface area contributed by atoms with Gasteiger partial charge in [-0.2, -0.15) is 0 Å².